The lowest BCUT2D eigenvalue weighted by Crippen LogP contribution is -2.17. The van der Waals surface area contributed by atoms with Crippen LogP contribution in [-0.2, 0) is 6.54 Å². The molecule has 1 N–H and O–H groups in total. The SMILES string of the molecule is O=C(CCNCc1ccco1)c1ccc(F)cc1. The molecular weight excluding hydrogens is 233 g/mol. The van der Waals surface area contributed by atoms with E-state index in [0.29, 0.717) is 25.1 Å². The standard InChI is InChI=1S/C14H14FNO2/c15-12-5-3-11(4-6-12)14(17)7-8-16-10-13-2-1-9-18-13/h1-6,9,16H,7-8,10H2. The molecule has 0 spiro atoms. The maximum absolute atomic E-state index is 12.7. The van der Waals surface area contributed by atoms with Crippen LogP contribution in [0.15, 0.2) is 47.1 Å². The van der Waals surface area contributed by atoms with Gasteiger partial charge < -0.3 is 9.73 Å². The van der Waals surface area contributed by atoms with Gasteiger partial charge in [0.25, 0.3) is 0 Å². The van der Waals surface area contributed by atoms with Gasteiger partial charge in [-0.1, -0.05) is 0 Å². The van der Waals surface area contributed by atoms with Gasteiger partial charge in [-0.05, 0) is 36.4 Å². The van der Waals surface area contributed by atoms with Gasteiger partial charge in [-0.3, -0.25) is 4.79 Å². The number of Topliss-reactive ketones (excluding diaryl/α,β-unsaturated/α-hetero) is 1. The average molecular weight is 247 g/mol. The maximum Gasteiger partial charge on any atom is 0.164 e. The first-order valence-corrected chi connectivity index (χ1v) is 5.77. The second-order valence-electron chi connectivity index (χ2n) is 3.94. The quantitative estimate of drug-likeness (QED) is 0.630. The van der Waals surface area contributed by atoms with Crippen LogP contribution in [0, 0.1) is 5.82 Å². The van der Waals surface area contributed by atoms with E-state index < -0.39 is 0 Å². The van der Waals surface area contributed by atoms with Crippen molar-refractivity contribution in [2.75, 3.05) is 6.54 Å². The van der Waals surface area contributed by atoms with E-state index in [4.69, 9.17) is 4.42 Å². The van der Waals surface area contributed by atoms with Crippen LogP contribution in [0.5, 0.6) is 0 Å². The predicted octanol–water partition coefficient (Wildman–Crippen LogP) is 2.78. The lowest BCUT2D eigenvalue weighted by Gasteiger charge is -2.02. The van der Waals surface area contributed by atoms with Crippen molar-refractivity contribution >= 4 is 5.78 Å². The van der Waals surface area contributed by atoms with Crippen LogP contribution in [-0.4, -0.2) is 12.3 Å². The smallest absolute Gasteiger partial charge is 0.164 e. The number of furan rings is 1. The minimum atomic E-state index is -0.331. The summed E-state index contributed by atoms with van der Waals surface area (Å²) in [5.74, 6) is 0.508. The molecule has 4 heteroatoms. The summed E-state index contributed by atoms with van der Waals surface area (Å²) in [6, 6.07) is 9.29. The fraction of sp³-hybridized carbons (Fsp3) is 0.214. The zero-order valence-electron chi connectivity index (χ0n) is 9.86. The van der Waals surface area contributed by atoms with Gasteiger partial charge in [0, 0.05) is 18.5 Å². The highest BCUT2D eigenvalue weighted by Gasteiger charge is 2.05. The molecule has 0 unspecified atom stereocenters. The number of hydrogen-bond acceptors (Lipinski definition) is 3. The zero-order chi connectivity index (χ0) is 12.8. The van der Waals surface area contributed by atoms with Gasteiger partial charge in [-0.25, -0.2) is 4.39 Å². The normalized spacial score (nSPS) is 10.5. The molecule has 0 aliphatic heterocycles. The van der Waals surface area contributed by atoms with Crippen molar-refractivity contribution in [2.45, 2.75) is 13.0 Å². The average Bonchev–Trinajstić information content (AvgIpc) is 2.88. The molecule has 1 heterocycles. The minimum absolute atomic E-state index is 0.00180. The molecule has 2 rings (SSSR count). The molecule has 0 fully saturated rings. The summed E-state index contributed by atoms with van der Waals surface area (Å²) in [6.07, 6.45) is 1.99. The van der Waals surface area contributed by atoms with Crippen molar-refractivity contribution < 1.29 is 13.6 Å². The molecule has 1 aromatic carbocycles. The van der Waals surface area contributed by atoms with Crippen LogP contribution in [0.1, 0.15) is 22.5 Å². The highest BCUT2D eigenvalue weighted by molar-refractivity contribution is 5.96. The van der Waals surface area contributed by atoms with Crippen molar-refractivity contribution in [2.24, 2.45) is 0 Å². The van der Waals surface area contributed by atoms with E-state index >= 15 is 0 Å². The number of ketones is 1. The summed E-state index contributed by atoms with van der Waals surface area (Å²) in [5, 5.41) is 3.11. The van der Waals surface area contributed by atoms with Gasteiger partial charge in [0.15, 0.2) is 5.78 Å². The first kappa shape index (κ1) is 12.5. The lowest BCUT2D eigenvalue weighted by molar-refractivity contribution is 0.0982. The third-order valence-electron chi connectivity index (χ3n) is 2.57. The summed E-state index contributed by atoms with van der Waals surface area (Å²) in [6.45, 7) is 1.17. The van der Waals surface area contributed by atoms with E-state index in [1.165, 1.54) is 24.3 Å². The number of hydrogen-bond donors (Lipinski definition) is 1. The second-order valence-corrected chi connectivity index (χ2v) is 3.94. The number of carbonyl (C=O) groups is 1. The Morgan fingerprint density at radius 1 is 1.22 bits per heavy atom. The topological polar surface area (TPSA) is 42.2 Å². The van der Waals surface area contributed by atoms with E-state index in [9.17, 15) is 9.18 Å². The first-order chi connectivity index (χ1) is 8.75. The largest absolute Gasteiger partial charge is 0.468 e. The predicted molar refractivity (Wildman–Crippen MR) is 65.8 cm³/mol. The highest BCUT2D eigenvalue weighted by Crippen LogP contribution is 2.05. The molecule has 94 valence electrons. The van der Waals surface area contributed by atoms with Gasteiger partial charge >= 0.3 is 0 Å². The molecule has 2 aromatic rings. The molecule has 0 saturated heterocycles. The molecule has 0 aliphatic carbocycles. The minimum Gasteiger partial charge on any atom is -0.468 e. The fourth-order valence-corrected chi connectivity index (χ4v) is 1.61. The third kappa shape index (κ3) is 3.53. The third-order valence-corrected chi connectivity index (χ3v) is 2.57. The number of halogens is 1. The summed E-state index contributed by atoms with van der Waals surface area (Å²) in [7, 11) is 0. The lowest BCUT2D eigenvalue weighted by atomic mass is 10.1. The van der Waals surface area contributed by atoms with Crippen LogP contribution in [0.25, 0.3) is 0 Å². The van der Waals surface area contributed by atoms with Crippen molar-refractivity contribution in [1.29, 1.82) is 0 Å². The van der Waals surface area contributed by atoms with Gasteiger partial charge in [0.05, 0.1) is 12.8 Å². The molecule has 0 aliphatic rings. The van der Waals surface area contributed by atoms with Gasteiger partial charge in [-0.2, -0.15) is 0 Å². The number of benzene rings is 1. The summed E-state index contributed by atoms with van der Waals surface area (Å²) in [4.78, 5) is 11.7. The highest BCUT2D eigenvalue weighted by atomic mass is 19.1. The Morgan fingerprint density at radius 2 is 2.00 bits per heavy atom. The number of carbonyl (C=O) groups excluding carboxylic acids is 1. The molecule has 3 nitrogen and oxygen atoms in total. The Balaban J connectivity index is 1.73. The van der Waals surface area contributed by atoms with Crippen molar-refractivity contribution in [3.05, 3.63) is 59.8 Å². The van der Waals surface area contributed by atoms with E-state index in [1.54, 1.807) is 6.26 Å². The Hall–Kier alpha value is -1.94. The zero-order valence-corrected chi connectivity index (χ0v) is 9.86. The van der Waals surface area contributed by atoms with E-state index in [1.807, 2.05) is 12.1 Å². The number of rotatable bonds is 6. The van der Waals surface area contributed by atoms with Crippen LogP contribution < -0.4 is 5.32 Å². The number of nitrogens with one attached hydrogen (secondary N) is 1. The van der Waals surface area contributed by atoms with Crippen molar-refractivity contribution in [3.63, 3.8) is 0 Å². The molecule has 0 bridgehead atoms. The Bertz CT molecular complexity index is 491. The fourth-order valence-electron chi connectivity index (χ4n) is 1.61. The molecule has 0 saturated carbocycles. The van der Waals surface area contributed by atoms with Crippen molar-refractivity contribution in [1.82, 2.24) is 5.32 Å². The molecule has 0 amide bonds. The summed E-state index contributed by atoms with van der Waals surface area (Å²) < 4.78 is 17.8. The van der Waals surface area contributed by atoms with Gasteiger partial charge in [-0.15, -0.1) is 0 Å². The first-order valence-electron chi connectivity index (χ1n) is 5.77. The van der Waals surface area contributed by atoms with Crippen LogP contribution in [0.2, 0.25) is 0 Å². The van der Waals surface area contributed by atoms with Gasteiger partial charge in [0.2, 0.25) is 0 Å². The molecule has 18 heavy (non-hydrogen) atoms. The molecule has 1 aromatic heterocycles. The molecule has 0 radical (unpaired) electrons. The summed E-state index contributed by atoms with van der Waals surface area (Å²) in [5.41, 5.74) is 0.538. The van der Waals surface area contributed by atoms with Crippen LogP contribution in [0.4, 0.5) is 4.39 Å². The molecular formula is C14H14FNO2. The van der Waals surface area contributed by atoms with E-state index in [2.05, 4.69) is 5.32 Å². The van der Waals surface area contributed by atoms with E-state index in [-0.39, 0.29) is 11.6 Å². The maximum atomic E-state index is 12.7. The monoisotopic (exact) mass is 247 g/mol. The van der Waals surface area contributed by atoms with E-state index in [0.717, 1.165) is 5.76 Å². The summed E-state index contributed by atoms with van der Waals surface area (Å²) >= 11 is 0. The Morgan fingerprint density at radius 3 is 2.67 bits per heavy atom. The molecule has 0 atom stereocenters. The van der Waals surface area contributed by atoms with Gasteiger partial charge in [0.1, 0.15) is 11.6 Å². The van der Waals surface area contributed by atoms with Crippen LogP contribution >= 0.6 is 0 Å². The van der Waals surface area contributed by atoms with Crippen LogP contribution in [0.3, 0.4) is 0 Å². The Kier molecular flexibility index (Phi) is 4.25. The second kappa shape index (κ2) is 6.12. The van der Waals surface area contributed by atoms with Crippen molar-refractivity contribution in [3.8, 4) is 0 Å². The Labute approximate surface area is 105 Å².